The number of nitrogens with one attached hydrogen (secondary N) is 1. The summed E-state index contributed by atoms with van der Waals surface area (Å²) in [6.07, 6.45) is -2.23. The average molecular weight is 446 g/mol. The highest BCUT2D eigenvalue weighted by atomic mass is 79.9. The van der Waals surface area contributed by atoms with Gasteiger partial charge in [0.05, 0.1) is 12.1 Å². The van der Waals surface area contributed by atoms with Crippen molar-refractivity contribution >= 4 is 65.4 Å². The van der Waals surface area contributed by atoms with E-state index in [9.17, 15) is 14.7 Å². The first-order valence-corrected chi connectivity index (χ1v) is 7.04. The Morgan fingerprint density at radius 1 is 1.22 bits per heavy atom. The standard InChI is InChI=1S/C10H8Br3NO4/c11-4-1-5(12)9(6(13)2-4)14-10(18)7(15)3-8(16)17/h1-2,7,15H,3H2,(H,14,18)(H,16,17). The maximum Gasteiger partial charge on any atom is 0.306 e. The topological polar surface area (TPSA) is 86.6 Å². The third-order valence-corrected chi connectivity index (χ3v) is 3.63. The van der Waals surface area contributed by atoms with Gasteiger partial charge in [0, 0.05) is 13.4 Å². The van der Waals surface area contributed by atoms with Crippen LogP contribution in [0, 0.1) is 0 Å². The minimum atomic E-state index is -1.59. The molecule has 0 saturated heterocycles. The summed E-state index contributed by atoms with van der Waals surface area (Å²) in [7, 11) is 0. The quantitative estimate of drug-likeness (QED) is 0.665. The summed E-state index contributed by atoms with van der Waals surface area (Å²) >= 11 is 9.78. The van der Waals surface area contributed by atoms with Gasteiger partial charge < -0.3 is 15.5 Å². The van der Waals surface area contributed by atoms with E-state index in [1.54, 1.807) is 12.1 Å². The number of hydrogen-bond acceptors (Lipinski definition) is 3. The van der Waals surface area contributed by atoms with Crippen LogP contribution in [-0.2, 0) is 9.59 Å². The molecule has 1 amide bonds. The third kappa shape index (κ3) is 4.34. The van der Waals surface area contributed by atoms with Crippen LogP contribution in [-0.4, -0.2) is 28.2 Å². The molecule has 1 unspecified atom stereocenters. The number of carbonyl (C=O) groups is 2. The Morgan fingerprint density at radius 3 is 2.17 bits per heavy atom. The lowest BCUT2D eigenvalue weighted by Gasteiger charge is -2.12. The molecular weight excluding hydrogens is 438 g/mol. The summed E-state index contributed by atoms with van der Waals surface area (Å²) in [5.74, 6) is -2.02. The summed E-state index contributed by atoms with van der Waals surface area (Å²) in [4.78, 5) is 21.9. The summed E-state index contributed by atoms with van der Waals surface area (Å²) in [6, 6.07) is 3.42. The largest absolute Gasteiger partial charge is 0.481 e. The summed E-state index contributed by atoms with van der Waals surface area (Å²) in [5, 5.41) is 20.3. The van der Waals surface area contributed by atoms with Gasteiger partial charge in [0.1, 0.15) is 6.10 Å². The van der Waals surface area contributed by atoms with E-state index < -0.39 is 24.4 Å². The Balaban J connectivity index is 2.85. The Kier molecular flexibility index (Phi) is 5.77. The van der Waals surface area contributed by atoms with E-state index in [4.69, 9.17) is 5.11 Å². The molecule has 18 heavy (non-hydrogen) atoms. The van der Waals surface area contributed by atoms with Crippen molar-refractivity contribution in [1.82, 2.24) is 0 Å². The van der Waals surface area contributed by atoms with Crippen molar-refractivity contribution in [1.29, 1.82) is 0 Å². The molecular formula is C10H8Br3NO4. The molecule has 0 bridgehead atoms. The molecule has 0 radical (unpaired) electrons. The first-order chi connectivity index (χ1) is 8.31. The number of amides is 1. The van der Waals surface area contributed by atoms with E-state index in [2.05, 4.69) is 53.1 Å². The molecule has 0 fully saturated rings. The van der Waals surface area contributed by atoms with Gasteiger partial charge in [-0.25, -0.2) is 0 Å². The Labute approximate surface area is 128 Å². The fourth-order valence-electron chi connectivity index (χ4n) is 1.13. The lowest BCUT2D eigenvalue weighted by molar-refractivity contribution is -0.142. The molecule has 0 spiro atoms. The molecule has 98 valence electrons. The smallest absolute Gasteiger partial charge is 0.306 e. The fraction of sp³-hybridized carbons (Fsp3) is 0.200. The number of carboxylic acids is 1. The first-order valence-electron chi connectivity index (χ1n) is 4.66. The molecule has 0 aliphatic heterocycles. The van der Waals surface area contributed by atoms with Crippen molar-refractivity contribution in [3.05, 3.63) is 25.6 Å². The third-order valence-electron chi connectivity index (χ3n) is 1.93. The number of aliphatic hydroxyl groups is 1. The van der Waals surface area contributed by atoms with Gasteiger partial charge in [-0.1, -0.05) is 15.9 Å². The fourth-order valence-corrected chi connectivity index (χ4v) is 3.58. The lowest BCUT2D eigenvalue weighted by atomic mass is 10.2. The Hall–Kier alpha value is -0.440. The summed E-state index contributed by atoms with van der Waals surface area (Å²) in [5.41, 5.74) is 0.424. The first kappa shape index (κ1) is 15.6. The van der Waals surface area contributed by atoms with Crippen LogP contribution in [0.15, 0.2) is 25.6 Å². The van der Waals surface area contributed by atoms with Gasteiger partial charge in [0.2, 0.25) is 0 Å². The average Bonchev–Trinajstić information content (AvgIpc) is 2.21. The highest BCUT2D eigenvalue weighted by molar-refractivity contribution is 9.11. The van der Waals surface area contributed by atoms with Gasteiger partial charge in [-0.3, -0.25) is 9.59 Å². The molecule has 0 aromatic heterocycles. The van der Waals surface area contributed by atoms with E-state index in [0.717, 1.165) is 4.47 Å². The molecule has 1 aromatic rings. The second-order valence-corrected chi connectivity index (χ2v) is 5.97. The number of rotatable bonds is 4. The van der Waals surface area contributed by atoms with Crippen molar-refractivity contribution in [2.24, 2.45) is 0 Å². The van der Waals surface area contributed by atoms with Crippen LogP contribution in [0.4, 0.5) is 5.69 Å². The predicted molar refractivity (Wildman–Crippen MR) is 76.4 cm³/mol. The number of carboxylic acid groups (broad SMARTS) is 1. The highest BCUT2D eigenvalue weighted by Gasteiger charge is 2.20. The molecule has 8 heteroatoms. The van der Waals surface area contributed by atoms with Crippen molar-refractivity contribution in [3.63, 3.8) is 0 Å². The van der Waals surface area contributed by atoms with Crippen LogP contribution in [0.1, 0.15) is 6.42 Å². The van der Waals surface area contributed by atoms with Gasteiger partial charge in [0.15, 0.2) is 0 Å². The van der Waals surface area contributed by atoms with Crippen LogP contribution >= 0.6 is 47.8 Å². The molecule has 0 saturated carbocycles. The summed E-state index contributed by atoms with van der Waals surface area (Å²) in [6.45, 7) is 0. The zero-order valence-corrected chi connectivity index (χ0v) is 13.5. The summed E-state index contributed by atoms with van der Waals surface area (Å²) < 4.78 is 1.99. The second kappa shape index (κ2) is 6.65. The molecule has 0 heterocycles. The van der Waals surface area contributed by atoms with Gasteiger partial charge in [-0.15, -0.1) is 0 Å². The molecule has 1 aromatic carbocycles. The Bertz CT molecular complexity index is 469. The number of halogens is 3. The van der Waals surface area contributed by atoms with E-state index in [0.29, 0.717) is 14.6 Å². The van der Waals surface area contributed by atoms with Crippen molar-refractivity contribution in [3.8, 4) is 0 Å². The number of anilines is 1. The SMILES string of the molecule is O=C(O)CC(O)C(=O)Nc1c(Br)cc(Br)cc1Br. The van der Waals surface area contributed by atoms with Crippen LogP contribution in [0.25, 0.3) is 0 Å². The number of carbonyl (C=O) groups excluding carboxylic acids is 1. The zero-order chi connectivity index (χ0) is 13.9. The van der Waals surface area contributed by atoms with Gasteiger partial charge in [-0.05, 0) is 44.0 Å². The number of aliphatic carboxylic acids is 1. The van der Waals surface area contributed by atoms with Gasteiger partial charge in [0.25, 0.3) is 5.91 Å². The van der Waals surface area contributed by atoms with Crippen molar-refractivity contribution < 1.29 is 19.8 Å². The van der Waals surface area contributed by atoms with E-state index in [1.165, 1.54) is 0 Å². The van der Waals surface area contributed by atoms with E-state index in [1.807, 2.05) is 0 Å². The van der Waals surface area contributed by atoms with Gasteiger partial charge in [-0.2, -0.15) is 0 Å². The maximum atomic E-state index is 11.6. The second-order valence-electron chi connectivity index (χ2n) is 3.35. The maximum absolute atomic E-state index is 11.6. The lowest BCUT2D eigenvalue weighted by Crippen LogP contribution is -2.30. The van der Waals surface area contributed by atoms with Crippen LogP contribution < -0.4 is 5.32 Å². The van der Waals surface area contributed by atoms with Crippen LogP contribution in [0.3, 0.4) is 0 Å². The van der Waals surface area contributed by atoms with E-state index >= 15 is 0 Å². The zero-order valence-electron chi connectivity index (χ0n) is 8.78. The van der Waals surface area contributed by atoms with E-state index in [-0.39, 0.29) is 0 Å². The molecule has 0 aliphatic carbocycles. The van der Waals surface area contributed by atoms with Crippen molar-refractivity contribution in [2.45, 2.75) is 12.5 Å². The monoisotopic (exact) mass is 443 g/mol. The minimum Gasteiger partial charge on any atom is -0.481 e. The molecule has 1 rings (SSSR count). The minimum absolute atomic E-state index is 0.424. The highest BCUT2D eigenvalue weighted by Crippen LogP contribution is 2.34. The predicted octanol–water partition coefficient (Wildman–Crippen LogP) is 2.75. The van der Waals surface area contributed by atoms with Crippen LogP contribution in [0.5, 0.6) is 0 Å². The molecule has 1 atom stereocenters. The van der Waals surface area contributed by atoms with Gasteiger partial charge >= 0.3 is 5.97 Å². The van der Waals surface area contributed by atoms with Crippen LogP contribution in [0.2, 0.25) is 0 Å². The van der Waals surface area contributed by atoms with Crippen molar-refractivity contribution in [2.75, 3.05) is 5.32 Å². The number of benzene rings is 1. The molecule has 5 nitrogen and oxygen atoms in total. The molecule has 0 aliphatic rings. The normalized spacial score (nSPS) is 12.0. The number of hydrogen-bond donors (Lipinski definition) is 3. The molecule has 3 N–H and O–H groups in total. The Morgan fingerprint density at radius 2 is 1.72 bits per heavy atom. The number of aliphatic hydroxyl groups excluding tert-OH is 1.